The zero-order valence-corrected chi connectivity index (χ0v) is 8.85. The number of fused-ring (bicyclic) bond motifs is 1. The van der Waals surface area contributed by atoms with Crippen LogP contribution in [-0.4, -0.2) is 16.3 Å². The molecule has 0 unspecified atom stereocenters. The highest BCUT2D eigenvalue weighted by Gasteiger charge is 2.31. The van der Waals surface area contributed by atoms with Crippen LogP contribution in [0.2, 0.25) is 0 Å². The predicted molar refractivity (Wildman–Crippen MR) is 55.6 cm³/mol. The monoisotopic (exact) mass is 238 g/mol. The van der Waals surface area contributed by atoms with Crippen LogP contribution in [0.5, 0.6) is 0 Å². The molecule has 3 rings (SSSR count). The molecule has 2 aromatic rings. The van der Waals surface area contributed by atoms with Crippen LogP contribution in [0.3, 0.4) is 0 Å². The van der Waals surface area contributed by atoms with Gasteiger partial charge in [0.15, 0.2) is 0 Å². The largest absolute Gasteiger partial charge is 0.449 e. The van der Waals surface area contributed by atoms with E-state index in [9.17, 15) is 14.5 Å². The maximum absolute atomic E-state index is 13.0. The van der Waals surface area contributed by atoms with Crippen molar-refractivity contribution in [3.63, 3.8) is 0 Å². The zero-order valence-electron chi connectivity index (χ0n) is 8.85. The fourth-order valence-corrected chi connectivity index (χ4v) is 1.68. The Bertz CT molecular complexity index is 651. The average molecular weight is 238 g/mol. The maximum Gasteiger partial charge on any atom is 0.449 e. The summed E-state index contributed by atoms with van der Waals surface area (Å²) in [6.45, 7) is 0. The lowest BCUT2D eigenvalue weighted by Crippen LogP contribution is -2.42. The lowest BCUT2D eigenvalue weighted by Gasteiger charge is -1.98. The van der Waals surface area contributed by atoms with Crippen LogP contribution in [0.15, 0.2) is 18.2 Å². The van der Waals surface area contributed by atoms with Gasteiger partial charge >= 0.3 is 11.5 Å². The van der Waals surface area contributed by atoms with Crippen molar-refractivity contribution in [3.05, 3.63) is 28.9 Å². The number of halogens is 1. The number of H-pyrrole nitrogens is 1. The number of hydrogen-bond acceptors (Lipinski definition) is 3. The molecule has 1 aromatic heterocycles. The van der Waals surface area contributed by atoms with E-state index in [0.29, 0.717) is 4.54 Å². The minimum Gasteiger partial charge on any atom is -0.371 e. The standard InChI is InChI=1S/C10H10FN4O2/c11-6-1-4-8-9(5-6)15(17)13-10(14(8)16)12-7-2-3-7/h1,4-5,7,16H,2-3H2,(H,12,13,17)/q+1/p+1. The number of aromatic nitrogens is 3. The van der Waals surface area contributed by atoms with Crippen molar-refractivity contribution >= 4 is 17.0 Å². The summed E-state index contributed by atoms with van der Waals surface area (Å²) in [5.41, 5.74) is 0.275. The summed E-state index contributed by atoms with van der Waals surface area (Å²) in [6, 6.07) is 3.88. The van der Waals surface area contributed by atoms with Crippen LogP contribution in [0.4, 0.5) is 10.3 Å². The minimum atomic E-state index is -0.529. The van der Waals surface area contributed by atoms with Gasteiger partial charge in [-0.1, -0.05) is 0 Å². The number of hydrogen-bond donors (Lipinski definition) is 3. The Balaban J connectivity index is 2.23. The smallest absolute Gasteiger partial charge is 0.371 e. The molecule has 3 N–H and O–H groups in total. The first-order valence-electron chi connectivity index (χ1n) is 5.31. The number of rotatable bonds is 2. The summed E-state index contributed by atoms with van der Waals surface area (Å²) in [4.78, 5) is 11.6. The summed E-state index contributed by atoms with van der Waals surface area (Å²) in [5, 5.41) is 15.3. The molecule has 0 aliphatic heterocycles. The second kappa shape index (κ2) is 3.41. The van der Waals surface area contributed by atoms with Crippen molar-refractivity contribution in [2.45, 2.75) is 18.9 Å². The molecule has 1 aliphatic rings. The molecule has 17 heavy (non-hydrogen) atoms. The van der Waals surface area contributed by atoms with Crippen molar-refractivity contribution in [1.82, 2.24) is 5.10 Å². The van der Waals surface area contributed by atoms with Crippen LogP contribution < -0.4 is 14.6 Å². The second-order valence-corrected chi connectivity index (χ2v) is 4.12. The van der Waals surface area contributed by atoms with E-state index in [-0.39, 0.29) is 23.0 Å². The van der Waals surface area contributed by atoms with Gasteiger partial charge in [0.2, 0.25) is 10.1 Å². The van der Waals surface area contributed by atoms with Gasteiger partial charge in [0.1, 0.15) is 5.82 Å². The fraction of sp³-hybridized carbons (Fsp3) is 0.300. The van der Waals surface area contributed by atoms with Gasteiger partial charge in [-0.2, -0.15) is 0 Å². The van der Waals surface area contributed by atoms with Crippen molar-refractivity contribution in [1.29, 1.82) is 0 Å². The van der Waals surface area contributed by atoms with Crippen LogP contribution >= 0.6 is 0 Å². The number of benzene rings is 1. The van der Waals surface area contributed by atoms with Crippen molar-refractivity contribution in [2.75, 3.05) is 5.32 Å². The third-order valence-electron chi connectivity index (χ3n) is 2.72. The summed E-state index contributed by atoms with van der Waals surface area (Å²) in [5.74, 6) is -0.333. The summed E-state index contributed by atoms with van der Waals surface area (Å²) >= 11 is 0. The lowest BCUT2D eigenvalue weighted by atomic mass is 10.3. The van der Waals surface area contributed by atoms with E-state index in [1.165, 1.54) is 12.1 Å². The summed E-state index contributed by atoms with van der Waals surface area (Å²) in [6.07, 6.45) is 2.02. The number of nitrogens with one attached hydrogen (secondary N) is 2. The molecule has 0 spiro atoms. The highest BCUT2D eigenvalue weighted by molar-refractivity contribution is 5.67. The first kappa shape index (κ1) is 10.0. The lowest BCUT2D eigenvalue weighted by molar-refractivity contribution is -0.881. The Hall–Kier alpha value is -2.18. The van der Waals surface area contributed by atoms with E-state index in [2.05, 4.69) is 10.4 Å². The first-order valence-corrected chi connectivity index (χ1v) is 5.31. The molecular weight excluding hydrogens is 227 g/mol. The molecule has 0 bridgehead atoms. The molecule has 7 heteroatoms. The summed E-state index contributed by atoms with van der Waals surface area (Å²) in [7, 11) is 0. The molecule has 1 saturated carbocycles. The molecular formula is C10H11FN4O2+2. The molecule has 0 atom stereocenters. The third-order valence-corrected chi connectivity index (χ3v) is 2.72. The quantitative estimate of drug-likeness (QED) is 0.521. The highest BCUT2D eigenvalue weighted by atomic mass is 19.1. The minimum absolute atomic E-state index is 0.0360. The van der Waals surface area contributed by atoms with Gasteiger partial charge in [0, 0.05) is 5.10 Å². The number of aromatic amines is 1. The maximum atomic E-state index is 13.0. The van der Waals surface area contributed by atoms with Crippen LogP contribution in [0.25, 0.3) is 11.0 Å². The Morgan fingerprint density at radius 2 is 2.18 bits per heavy atom. The van der Waals surface area contributed by atoms with Crippen LogP contribution in [-0.2, 0) is 0 Å². The third kappa shape index (κ3) is 1.69. The van der Waals surface area contributed by atoms with Gasteiger partial charge in [0.25, 0.3) is 0 Å². The molecule has 0 radical (unpaired) electrons. The topological polar surface area (TPSA) is 74.9 Å². The van der Waals surface area contributed by atoms with Crippen molar-refractivity contribution in [2.24, 2.45) is 0 Å². The molecule has 1 heterocycles. The van der Waals surface area contributed by atoms with E-state index in [1.54, 1.807) is 0 Å². The van der Waals surface area contributed by atoms with Crippen molar-refractivity contribution in [3.8, 4) is 0 Å². The van der Waals surface area contributed by atoms with Crippen LogP contribution in [0.1, 0.15) is 12.8 Å². The SMILES string of the molecule is O=[n+]1[nH]c(NC2CC2)[n+](O)c2ccc(F)cc21. The van der Waals surface area contributed by atoms with E-state index in [4.69, 9.17) is 0 Å². The van der Waals surface area contributed by atoms with Gasteiger partial charge in [0.05, 0.1) is 17.0 Å². The van der Waals surface area contributed by atoms with Crippen molar-refractivity contribution < 1.29 is 18.9 Å². The van der Waals surface area contributed by atoms with Gasteiger partial charge in [-0.3, -0.25) is 5.32 Å². The number of anilines is 1. The van der Waals surface area contributed by atoms with E-state index < -0.39 is 5.82 Å². The zero-order chi connectivity index (χ0) is 12.0. The Kier molecular flexibility index (Phi) is 2.01. The van der Waals surface area contributed by atoms with Crippen LogP contribution in [0, 0.1) is 10.7 Å². The fourth-order valence-electron chi connectivity index (χ4n) is 1.68. The van der Waals surface area contributed by atoms with E-state index in [1.807, 2.05) is 0 Å². The molecule has 0 saturated heterocycles. The Morgan fingerprint density at radius 1 is 1.41 bits per heavy atom. The normalized spacial score (nSPS) is 15.1. The number of nitrogens with zero attached hydrogens (tertiary/aromatic N) is 2. The van der Waals surface area contributed by atoms with Gasteiger partial charge in [-0.05, 0) is 29.7 Å². The predicted octanol–water partition coefficient (Wildman–Crippen LogP) is 0.321. The summed E-state index contributed by atoms with van der Waals surface area (Å²) < 4.78 is 14.2. The average Bonchev–Trinajstić information content (AvgIpc) is 3.09. The van der Waals surface area contributed by atoms with E-state index >= 15 is 0 Å². The van der Waals surface area contributed by atoms with Gasteiger partial charge in [-0.25, -0.2) is 4.39 Å². The second-order valence-electron chi connectivity index (χ2n) is 4.12. The molecule has 0 amide bonds. The molecule has 1 fully saturated rings. The highest BCUT2D eigenvalue weighted by Crippen LogP contribution is 2.22. The first-order chi connectivity index (χ1) is 8.15. The Morgan fingerprint density at radius 3 is 2.88 bits per heavy atom. The van der Waals surface area contributed by atoms with Gasteiger partial charge in [-0.15, -0.1) is 0 Å². The molecule has 1 aliphatic carbocycles. The molecule has 6 nitrogen and oxygen atoms in total. The molecule has 1 aromatic carbocycles. The van der Waals surface area contributed by atoms with Gasteiger partial charge < -0.3 is 5.21 Å². The molecule has 88 valence electrons. The van der Waals surface area contributed by atoms with E-state index in [0.717, 1.165) is 23.6 Å². The Labute approximate surface area is 94.9 Å².